The molecule has 148 valence electrons. The highest BCUT2D eigenvalue weighted by Crippen LogP contribution is 2.14. The molecular formula is C18H27N5O3S. The summed E-state index contributed by atoms with van der Waals surface area (Å²) < 4.78 is 31.1. The van der Waals surface area contributed by atoms with Crippen molar-refractivity contribution in [2.45, 2.75) is 44.7 Å². The molecular weight excluding hydrogens is 366 g/mol. The van der Waals surface area contributed by atoms with Crippen molar-refractivity contribution in [2.75, 3.05) is 13.6 Å². The minimum Gasteiger partial charge on any atom is -0.359 e. The van der Waals surface area contributed by atoms with Crippen molar-refractivity contribution in [1.29, 1.82) is 0 Å². The number of nitrogens with one attached hydrogen (secondary N) is 3. The minimum absolute atomic E-state index is 0.231. The normalized spacial score (nSPS) is 12.4. The molecule has 0 atom stereocenters. The Balaban J connectivity index is 1.99. The summed E-state index contributed by atoms with van der Waals surface area (Å²) in [5.41, 5.74) is 1.83. The van der Waals surface area contributed by atoms with E-state index in [-0.39, 0.29) is 4.90 Å². The van der Waals surface area contributed by atoms with Crippen LogP contribution in [0, 0.1) is 0 Å². The number of hydrogen-bond donors (Lipinski definition) is 3. The predicted octanol–water partition coefficient (Wildman–Crippen LogP) is 1.96. The molecule has 0 bridgehead atoms. The van der Waals surface area contributed by atoms with Gasteiger partial charge in [0.05, 0.1) is 23.7 Å². The van der Waals surface area contributed by atoms with E-state index < -0.39 is 10.0 Å². The van der Waals surface area contributed by atoms with E-state index in [9.17, 15) is 8.42 Å². The molecule has 0 unspecified atom stereocenters. The van der Waals surface area contributed by atoms with Gasteiger partial charge in [-0.3, -0.25) is 0 Å². The van der Waals surface area contributed by atoms with Crippen molar-refractivity contribution in [3.8, 4) is 0 Å². The summed E-state index contributed by atoms with van der Waals surface area (Å²) in [4.78, 5) is 4.75. The first-order valence-electron chi connectivity index (χ1n) is 8.86. The summed E-state index contributed by atoms with van der Waals surface area (Å²) in [6.07, 6.45) is 0. The third kappa shape index (κ3) is 6.07. The predicted molar refractivity (Wildman–Crippen MR) is 105 cm³/mol. The van der Waals surface area contributed by atoms with Gasteiger partial charge in [0.2, 0.25) is 10.0 Å². The van der Waals surface area contributed by atoms with Crippen LogP contribution in [-0.2, 0) is 23.1 Å². The Labute approximate surface area is 160 Å². The lowest BCUT2D eigenvalue weighted by molar-refractivity contribution is 0.372. The lowest BCUT2D eigenvalue weighted by atomic mass is 10.1. The lowest BCUT2D eigenvalue weighted by Gasteiger charge is -2.10. The highest BCUT2D eigenvalue weighted by Gasteiger charge is 2.11. The van der Waals surface area contributed by atoms with Gasteiger partial charge in [0, 0.05) is 12.6 Å². The van der Waals surface area contributed by atoms with E-state index in [1.165, 1.54) is 7.05 Å². The molecule has 0 saturated heterocycles. The van der Waals surface area contributed by atoms with Gasteiger partial charge in [0.25, 0.3) is 0 Å². The summed E-state index contributed by atoms with van der Waals surface area (Å²) in [6.45, 7) is 7.73. The van der Waals surface area contributed by atoms with Crippen LogP contribution in [0.15, 0.2) is 44.7 Å². The number of aromatic nitrogens is 1. The third-order valence-electron chi connectivity index (χ3n) is 3.87. The molecule has 0 amide bonds. The molecule has 1 heterocycles. The van der Waals surface area contributed by atoms with Crippen molar-refractivity contribution in [3.05, 3.63) is 47.3 Å². The number of aliphatic imine (C=N–C) groups is 1. The molecule has 0 aliphatic heterocycles. The van der Waals surface area contributed by atoms with Crippen molar-refractivity contribution in [2.24, 2.45) is 4.99 Å². The molecule has 0 spiro atoms. The maximum absolute atomic E-state index is 11.8. The van der Waals surface area contributed by atoms with Gasteiger partial charge < -0.3 is 15.2 Å². The third-order valence-corrected chi connectivity index (χ3v) is 5.30. The second kappa shape index (κ2) is 9.52. The quantitative estimate of drug-likeness (QED) is 0.467. The number of benzene rings is 1. The average molecular weight is 394 g/mol. The van der Waals surface area contributed by atoms with Gasteiger partial charge >= 0.3 is 0 Å². The van der Waals surface area contributed by atoms with Gasteiger partial charge in [0.1, 0.15) is 0 Å². The highest BCUT2D eigenvalue weighted by molar-refractivity contribution is 7.89. The molecule has 3 N–H and O–H groups in total. The van der Waals surface area contributed by atoms with E-state index in [2.05, 4.69) is 39.4 Å². The fraction of sp³-hybridized carbons (Fsp3) is 0.444. The molecule has 1 aromatic heterocycles. The summed E-state index contributed by atoms with van der Waals surface area (Å²) in [5, 5.41) is 10.4. The van der Waals surface area contributed by atoms with Crippen LogP contribution in [0.3, 0.4) is 0 Å². The number of guanidine groups is 1. The fourth-order valence-corrected chi connectivity index (χ4v) is 2.99. The average Bonchev–Trinajstić information content (AvgIpc) is 3.14. The molecule has 0 aliphatic rings. The van der Waals surface area contributed by atoms with E-state index in [1.54, 1.807) is 24.3 Å². The number of nitrogens with zero attached hydrogens (tertiary/aromatic N) is 2. The molecule has 1 aromatic carbocycles. The zero-order valence-corrected chi connectivity index (χ0v) is 16.9. The first-order valence-corrected chi connectivity index (χ1v) is 10.3. The van der Waals surface area contributed by atoms with Gasteiger partial charge in [-0.1, -0.05) is 31.1 Å². The van der Waals surface area contributed by atoms with Crippen LogP contribution in [0.2, 0.25) is 0 Å². The van der Waals surface area contributed by atoms with Crippen LogP contribution < -0.4 is 15.4 Å². The molecule has 2 aromatic rings. The first-order chi connectivity index (χ1) is 12.9. The minimum atomic E-state index is -3.43. The number of sulfonamides is 1. The SMILES string of the molecule is CCNC(=NCc1ccc(S(=O)(=O)NC)cc1)NCc1cc(C(C)C)no1. The summed E-state index contributed by atoms with van der Waals surface area (Å²) in [7, 11) is -2.04. The largest absolute Gasteiger partial charge is 0.359 e. The van der Waals surface area contributed by atoms with E-state index in [1.807, 2.05) is 13.0 Å². The standard InChI is InChI=1S/C18H27N5O3S/c1-5-20-18(22-12-15-10-17(13(2)3)23-26-15)21-11-14-6-8-16(9-7-14)27(24,25)19-4/h6-10,13,19H,5,11-12H2,1-4H3,(H2,20,21,22). The smallest absolute Gasteiger partial charge is 0.240 e. The Kier molecular flexibility index (Phi) is 7.37. The molecule has 9 heteroatoms. The van der Waals surface area contributed by atoms with Crippen LogP contribution >= 0.6 is 0 Å². The van der Waals surface area contributed by atoms with Crippen LogP contribution in [-0.4, -0.2) is 33.1 Å². The second-order valence-electron chi connectivity index (χ2n) is 6.27. The first kappa shape index (κ1) is 20.9. The molecule has 0 aliphatic carbocycles. The van der Waals surface area contributed by atoms with Crippen molar-refractivity contribution < 1.29 is 12.9 Å². The van der Waals surface area contributed by atoms with Crippen molar-refractivity contribution >= 4 is 16.0 Å². The topological polar surface area (TPSA) is 109 Å². The monoisotopic (exact) mass is 393 g/mol. The molecule has 0 radical (unpaired) electrons. The molecule has 27 heavy (non-hydrogen) atoms. The van der Waals surface area contributed by atoms with E-state index in [0.717, 1.165) is 23.6 Å². The summed E-state index contributed by atoms with van der Waals surface area (Å²) in [5.74, 6) is 1.71. The van der Waals surface area contributed by atoms with Gasteiger partial charge in [0.15, 0.2) is 11.7 Å². The van der Waals surface area contributed by atoms with Crippen LogP contribution in [0.4, 0.5) is 0 Å². The molecule has 0 saturated carbocycles. The summed E-state index contributed by atoms with van der Waals surface area (Å²) >= 11 is 0. The molecule has 0 fully saturated rings. The maximum atomic E-state index is 11.8. The van der Waals surface area contributed by atoms with Gasteiger partial charge in [-0.25, -0.2) is 18.1 Å². The van der Waals surface area contributed by atoms with E-state index in [0.29, 0.717) is 25.0 Å². The van der Waals surface area contributed by atoms with E-state index >= 15 is 0 Å². The van der Waals surface area contributed by atoms with E-state index in [4.69, 9.17) is 4.52 Å². The molecule has 2 rings (SSSR count). The van der Waals surface area contributed by atoms with Crippen molar-refractivity contribution in [3.63, 3.8) is 0 Å². The van der Waals surface area contributed by atoms with Gasteiger partial charge in [-0.15, -0.1) is 0 Å². The summed E-state index contributed by atoms with van der Waals surface area (Å²) in [6, 6.07) is 8.57. The lowest BCUT2D eigenvalue weighted by Crippen LogP contribution is -2.36. The fourth-order valence-electron chi connectivity index (χ4n) is 2.26. The van der Waals surface area contributed by atoms with Crippen LogP contribution in [0.5, 0.6) is 0 Å². The van der Waals surface area contributed by atoms with Gasteiger partial charge in [-0.2, -0.15) is 0 Å². The van der Waals surface area contributed by atoms with Crippen molar-refractivity contribution in [1.82, 2.24) is 20.5 Å². The zero-order chi connectivity index (χ0) is 19.9. The Morgan fingerprint density at radius 3 is 2.48 bits per heavy atom. The van der Waals surface area contributed by atoms with Crippen LogP contribution in [0.25, 0.3) is 0 Å². The number of hydrogen-bond acceptors (Lipinski definition) is 5. The number of rotatable bonds is 8. The second-order valence-corrected chi connectivity index (χ2v) is 8.16. The Bertz CT molecular complexity index is 857. The Morgan fingerprint density at radius 1 is 1.22 bits per heavy atom. The highest BCUT2D eigenvalue weighted by atomic mass is 32.2. The van der Waals surface area contributed by atoms with Crippen LogP contribution in [0.1, 0.15) is 43.7 Å². The zero-order valence-electron chi connectivity index (χ0n) is 16.1. The Morgan fingerprint density at radius 2 is 1.93 bits per heavy atom. The van der Waals surface area contributed by atoms with Gasteiger partial charge in [-0.05, 0) is 37.6 Å². The molecule has 8 nitrogen and oxygen atoms in total. The Hall–Kier alpha value is -2.39. The maximum Gasteiger partial charge on any atom is 0.240 e.